The van der Waals surface area contributed by atoms with Gasteiger partial charge in [-0.05, 0) is 32.3 Å². The summed E-state index contributed by atoms with van der Waals surface area (Å²) in [5.74, 6) is 0.740. The quantitative estimate of drug-likeness (QED) is 0.902. The molecule has 0 radical (unpaired) electrons. The second-order valence-corrected chi connectivity index (χ2v) is 7.11. The molecule has 1 aliphatic heterocycles. The fourth-order valence-corrected chi connectivity index (χ4v) is 3.13. The summed E-state index contributed by atoms with van der Waals surface area (Å²) < 4.78 is 0. The normalized spacial score (nSPS) is 24.6. The molecule has 2 heteroatoms. The Kier molecular flexibility index (Phi) is 4.87. The van der Waals surface area contributed by atoms with E-state index in [1.165, 1.54) is 17.5 Å². The van der Waals surface area contributed by atoms with Crippen LogP contribution < -0.4 is 5.32 Å². The molecule has 0 spiro atoms. The fraction of sp³-hybridized carbons (Fsp3) is 0.667. The zero-order valence-corrected chi connectivity index (χ0v) is 13.7. The molecule has 0 amide bonds. The molecule has 0 aromatic heterocycles. The van der Waals surface area contributed by atoms with Crippen molar-refractivity contribution < 1.29 is 0 Å². The Hall–Kier alpha value is -0.860. The number of aryl methyl sites for hydroxylation is 1. The van der Waals surface area contributed by atoms with Gasteiger partial charge in [-0.1, -0.05) is 50.1 Å². The summed E-state index contributed by atoms with van der Waals surface area (Å²) in [5.41, 5.74) is 2.99. The predicted molar refractivity (Wildman–Crippen MR) is 86.9 cm³/mol. The summed E-state index contributed by atoms with van der Waals surface area (Å²) in [6.07, 6.45) is 1.25. The van der Waals surface area contributed by atoms with Crippen molar-refractivity contribution in [3.63, 3.8) is 0 Å². The van der Waals surface area contributed by atoms with E-state index in [1.54, 1.807) is 0 Å². The van der Waals surface area contributed by atoms with Crippen molar-refractivity contribution in [3.05, 3.63) is 35.4 Å². The summed E-state index contributed by atoms with van der Waals surface area (Å²) in [6, 6.07) is 9.65. The molecule has 1 fully saturated rings. The molecule has 1 aliphatic rings. The first kappa shape index (κ1) is 15.5. The third-order valence-electron chi connectivity index (χ3n) is 4.66. The van der Waals surface area contributed by atoms with Gasteiger partial charge in [-0.25, -0.2) is 0 Å². The van der Waals surface area contributed by atoms with Crippen LogP contribution in [0.2, 0.25) is 0 Å². The van der Waals surface area contributed by atoms with Crippen LogP contribution in [-0.4, -0.2) is 29.6 Å². The van der Waals surface area contributed by atoms with Crippen molar-refractivity contribution in [2.75, 3.05) is 13.1 Å². The summed E-state index contributed by atoms with van der Waals surface area (Å²) in [6.45, 7) is 14.7. The Labute approximate surface area is 124 Å². The first-order chi connectivity index (χ1) is 9.41. The zero-order valence-electron chi connectivity index (χ0n) is 13.7. The molecule has 2 atom stereocenters. The molecule has 1 heterocycles. The highest BCUT2D eigenvalue weighted by Crippen LogP contribution is 2.24. The van der Waals surface area contributed by atoms with Crippen LogP contribution in [-0.2, 0) is 6.54 Å². The lowest BCUT2D eigenvalue weighted by Gasteiger charge is -2.47. The van der Waals surface area contributed by atoms with Crippen molar-refractivity contribution in [3.8, 4) is 0 Å². The molecule has 2 unspecified atom stereocenters. The van der Waals surface area contributed by atoms with Crippen LogP contribution in [0.3, 0.4) is 0 Å². The van der Waals surface area contributed by atoms with Crippen molar-refractivity contribution >= 4 is 0 Å². The number of nitrogens with one attached hydrogen (secondary N) is 1. The molecule has 112 valence electrons. The molecular weight excluding hydrogens is 244 g/mol. The van der Waals surface area contributed by atoms with Crippen LogP contribution in [0.1, 0.15) is 45.2 Å². The highest BCUT2D eigenvalue weighted by molar-refractivity contribution is 5.21. The van der Waals surface area contributed by atoms with Crippen molar-refractivity contribution in [1.82, 2.24) is 10.2 Å². The van der Waals surface area contributed by atoms with Crippen LogP contribution in [0.15, 0.2) is 24.3 Å². The Morgan fingerprint density at radius 3 is 2.55 bits per heavy atom. The van der Waals surface area contributed by atoms with Gasteiger partial charge in [0.25, 0.3) is 0 Å². The van der Waals surface area contributed by atoms with Gasteiger partial charge in [0.05, 0.1) is 0 Å². The van der Waals surface area contributed by atoms with Gasteiger partial charge in [0.15, 0.2) is 0 Å². The van der Waals surface area contributed by atoms with Gasteiger partial charge in [0.2, 0.25) is 0 Å². The van der Waals surface area contributed by atoms with Gasteiger partial charge in [0, 0.05) is 31.2 Å². The molecule has 2 rings (SSSR count). The minimum Gasteiger partial charge on any atom is -0.309 e. The Balaban J connectivity index is 2.12. The lowest BCUT2D eigenvalue weighted by molar-refractivity contribution is 0.0571. The standard InChI is InChI=1S/C18H30N2/c1-6-15(3)17-11-19-18(4,5)13-20(17)12-16-9-7-14(2)8-10-16/h7-10,15,17,19H,6,11-13H2,1-5H3. The van der Waals surface area contributed by atoms with E-state index in [-0.39, 0.29) is 5.54 Å². The number of hydrogen-bond acceptors (Lipinski definition) is 2. The van der Waals surface area contributed by atoms with Crippen LogP contribution in [0, 0.1) is 12.8 Å². The topological polar surface area (TPSA) is 15.3 Å². The maximum atomic E-state index is 3.71. The highest BCUT2D eigenvalue weighted by Gasteiger charge is 2.34. The SMILES string of the molecule is CCC(C)C1CNC(C)(C)CN1Cc1ccc(C)cc1. The number of benzene rings is 1. The summed E-state index contributed by atoms with van der Waals surface area (Å²) in [4.78, 5) is 2.68. The van der Waals surface area contributed by atoms with Crippen LogP contribution in [0.4, 0.5) is 0 Å². The Morgan fingerprint density at radius 1 is 1.30 bits per heavy atom. The Morgan fingerprint density at radius 2 is 1.95 bits per heavy atom. The molecule has 2 nitrogen and oxygen atoms in total. The monoisotopic (exact) mass is 274 g/mol. The summed E-state index contributed by atoms with van der Waals surface area (Å²) in [7, 11) is 0. The van der Waals surface area contributed by atoms with E-state index in [2.05, 4.69) is 69.1 Å². The molecule has 20 heavy (non-hydrogen) atoms. The number of nitrogens with zero attached hydrogens (tertiary/aromatic N) is 1. The predicted octanol–water partition coefficient (Wildman–Crippen LogP) is 3.59. The van der Waals surface area contributed by atoms with Crippen molar-refractivity contribution in [2.24, 2.45) is 5.92 Å². The largest absolute Gasteiger partial charge is 0.309 e. The second-order valence-electron chi connectivity index (χ2n) is 7.11. The number of hydrogen-bond donors (Lipinski definition) is 1. The third kappa shape index (κ3) is 3.83. The Bertz CT molecular complexity index is 422. The second kappa shape index (κ2) is 6.28. The molecule has 0 bridgehead atoms. The molecule has 1 saturated heterocycles. The minimum atomic E-state index is 0.217. The van der Waals surface area contributed by atoms with Crippen molar-refractivity contribution in [2.45, 2.75) is 59.2 Å². The first-order valence-corrected chi connectivity index (χ1v) is 7.96. The van der Waals surface area contributed by atoms with E-state index >= 15 is 0 Å². The van der Waals surface area contributed by atoms with E-state index in [0.717, 1.165) is 25.6 Å². The summed E-state index contributed by atoms with van der Waals surface area (Å²) in [5, 5.41) is 3.71. The van der Waals surface area contributed by atoms with E-state index in [9.17, 15) is 0 Å². The molecule has 0 saturated carbocycles. The van der Waals surface area contributed by atoms with Gasteiger partial charge in [-0.15, -0.1) is 0 Å². The van der Waals surface area contributed by atoms with E-state index in [1.807, 2.05) is 0 Å². The fourth-order valence-electron chi connectivity index (χ4n) is 3.13. The average molecular weight is 274 g/mol. The van der Waals surface area contributed by atoms with Gasteiger partial charge < -0.3 is 5.32 Å². The molecule has 0 aliphatic carbocycles. The third-order valence-corrected chi connectivity index (χ3v) is 4.66. The highest BCUT2D eigenvalue weighted by atomic mass is 15.2. The van der Waals surface area contributed by atoms with Gasteiger partial charge in [-0.2, -0.15) is 0 Å². The number of rotatable bonds is 4. The minimum absolute atomic E-state index is 0.217. The van der Waals surface area contributed by atoms with E-state index < -0.39 is 0 Å². The van der Waals surface area contributed by atoms with E-state index in [0.29, 0.717) is 6.04 Å². The zero-order chi connectivity index (χ0) is 14.8. The number of piperazine rings is 1. The lowest BCUT2D eigenvalue weighted by atomic mass is 9.90. The molecule has 1 aromatic carbocycles. The van der Waals surface area contributed by atoms with Gasteiger partial charge in [-0.3, -0.25) is 4.90 Å². The smallest absolute Gasteiger partial charge is 0.0253 e. The molecular formula is C18H30N2. The molecule has 1 aromatic rings. The van der Waals surface area contributed by atoms with Gasteiger partial charge >= 0.3 is 0 Å². The summed E-state index contributed by atoms with van der Waals surface area (Å²) >= 11 is 0. The van der Waals surface area contributed by atoms with Gasteiger partial charge in [0.1, 0.15) is 0 Å². The van der Waals surface area contributed by atoms with Crippen LogP contribution in [0.5, 0.6) is 0 Å². The maximum absolute atomic E-state index is 3.71. The van der Waals surface area contributed by atoms with Crippen molar-refractivity contribution in [1.29, 1.82) is 0 Å². The molecule has 1 N–H and O–H groups in total. The maximum Gasteiger partial charge on any atom is 0.0253 e. The lowest BCUT2D eigenvalue weighted by Crippen LogP contribution is -2.62. The van der Waals surface area contributed by atoms with Crippen LogP contribution in [0.25, 0.3) is 0 Å². The van der Waals surface area contributed by atoms with Crippen LogP contribution >= 0.6 is 0 Å². The first-order valence-electron chi connectivity index (χ1n) is 7.96. The average Bonchev–Trinajstić information content (AvgIpc) is 2.40. The van der Waals surface area contributed by atoms with E-state index in [4.69, 9.17) is 0 Å².